The monoisotopic (exact) mass is 388 g/mol. The zero-order chi connectivity index (χ0) is 14.0. The molecule has 0 spiro atoms. The van der Waals surface area contributed by atoms with Crippen LogP contribution in [-0.2, 0) is 19.9 Å². The first-order valence-electron chi connectivity index (χ1n) is 6.01. The lowest BCUT2D eigenvalue weighted by atomic mass is 10.1. The maximum atomic E-state index is 12.3. The fraction of sp³-hybridized carbons (Fsp3) is 0.286. The normalized spacial score (nSPS) is 10.7. The van der Waals surface area contributed by atoms with E-state index in [-0.39, 0.29) is 5.78 Å². The third-order valence-corrected chi connectivity index (χ3v) is 4.14. The minimum Gasteiger partial charge on any atom is -0.294 e. The van der Waals surface area contributed by atoms with Gasteiger partial charge in [-0.05, 0) is 53.3 Å². The van der Waals surface area contributed by atoms with E-state index < -0.39 is 0 Å². The van der Waals surface area contributed by atoms with Crippen LogP contribution in [0.2, 0.25) is 5.02 Å². The van der Waals surface area contributed by atoms with Crippen molar-refractivity contribution in [3.63, 3.8) is 0 Å². The summed E-state index contributed by atoms with van der Waals surface area (Å²) < 4.78 is 2.69. The van der Waals surface area contributed by atoms with Crippen LogP contribution in [0.25, 0.3) is 0 Å². The molecular weight excluding hydrogens is 375 g/mol. The van der Waals surface area contributed by atoms with Gasteiger partial charge in [-0.1, -0.05) is 18.5 Å². The summed E-state index contributed by atoms with van der Waals surface area (Å²) in [6, 6.07) is 7.36. The Morgan fingerprint density at radius 2 is 2.16 bits per heavy atom. The first kappa shape index (κ1) is 14.5. The molecule has 0 fully saturated rings. The lowest BCUT2D eigenvalue weighted by molar-refractivity contribution is 0.0990. The Morgan fingerprint density at radius 3 is 2.79 bits per heavy atom. The zero-order valence-electron chi connectivity index (χ0n) is 10.8. The topological polar surface area (TPSA) is 34.9 Å². The van der Waals surface area contributed by atoms with Crippen LogP contribution >= 0.6 is 34.2 Å². The van der Waals surface area contributed by atoms with Gasteiger partial charge in [0.05, 0.1) is 12.1 Å². The van der Waals surface area contributed by atoms with Crippen LogP contribution in [-0.4, -0.2) is 15.6 Å². The van der Waals surface area contributed by atoms with E-state index >= 15 is 0 Å². The number of halogens is 2. The molecule has 0 saturated heterocycles. The average Bonchev–Trinajstić information content (AvgIpc) is 2.73. The second kappa shape index (κ2) is 6.05. The zero-order valence-corrected chi connectivity index (χ0v) is 13.7. The van der Waals surface area contributed by atoms with Gasteiger partial charge in [0.15, 0.2) is 5.78 Å². The number of Topliss-reactive ketones (excluding diaryl/α,β-unsaturated/α-hetero) is 1. The highest BCUT2D eigenvalue weighted by Gasteiger charge is 2.14. The number of carbonyl (C=O) groups excluding carboxylic acids is 1. The van der Waals surface area contributed by atoms with Crippen molar-refractivity contribution in [1.82, 2.24) is 9.78 Å². The molecule has 2 aromatic rings. The number of benzene rings is 1. The number of rotatable bonds is 4. The average molecular weight is 389 g/mol. The molecule has 0 aliphatic heterocycles. The number of ketones is 1. The highest BCUT2D eigenvalue weighted by molar-refractivity contribution is 14.1. The molecule has 1 aromatic heterocycles. The maximum absolute atomic E-state index is 12.3. The third-order valence-electron chi connectivity index (χ3n) is 2.96. The van der Waals surface area contributed by atoms with Crippen molar-refractivity contribution in [2.24, 2.45) is 7.05 Å². The standard InChI is InChI=1S/C14H14ClIN2O/c1-3-10-7-11(18(2)17-10)8-14(19)12-6-9(15)4-5-13(12)16/h4-7H,3,8H2,1-2H3. The smallest absolute Gasteiger partial charge is 0.169 e. The number of nitrogens with zero attached hydrogens (tertiary/aromatic N) is 2. The van der Waals surface area contributed by atoms with Gasteiger partial charge >= 0.3 is 0 Å². The molecule has 5 heteroatoms. The summed E-state index contributed by atoms with van der Waals surface area (Å²) in [7, 11) is 1.87. The van der Waals surface area contributed by atoms with Crippen molar-refractivity contribution < 1.29 is 4.79 Å². The van der Waals surface area contributed by atoms with Crippen molar-refractivity contribution in [2.75, 3.05) is 0 Å². The summed E-state index contributed by atoms with van der Waals surface area (Å²) in [4.78, 5) is 12.3. The van der Waals surface area contributed by atoms with E-state index in [2.05, 4.69) is 27.7 Å². The highest BCUT2D eigenvalue weighted by Crippen LogP contribution is 2.20. The molecule has 0 unspecified atom stereocenters. The van der Waals surface area contributed by atoms with Crippen molar-refractivity contribution >= 4 is 40.0 Å². The van der Waals surface area contributed by atoms with Gasteiger partial charge < -0.3 is 0 Å². The molecule has 0 aliphatic rings. The van der Waals surface area contributed by atoms with Crippen molar-refractivity contribution in [3.05, 3.63) is 49.8 Å². The quantitative estimate of drug-likeness (QED) is 0.592. The van der Waals surface area contributed by atoms with Gasteiger partial charge in [-0.15, -0.1) is 0 Å². The summed E-state index contributed by atoms with van der Waals surface area (Å²) in [6.45, 7) is 2.05. The van der Waals surface area contributed by atoms with Gasteiger partial charge in [-0.2, -0.15) is 5.10 Å². The molecular formula is C14H14ClIN2O. The minimum absolute atomic E-state index is 0.0672. The van der Waals surface area contributed by atoms with Crippen molar-refractivity contribution in [3.8, 4) is 0 Å². The van der Waals surface area contributed by atoms with Crippen LogP contribution in [0.4, 0.5) is 0 Å². The molecule has 0 atom stereocenters. The largest absolute Gasteiger partial charge is 0.294 e. The second-order valence-corrected chi connectivity index (χ2v) is 5.93. The van der Waals surface area contributed by atoms with Gasteiger partial charge in [0.25, 0.3) is 0 Å². The molecule has 1 aromatic carbocycles. The van der Waals surface area contributed by atoms with Crippen LogP contribution in [0.15, 0.2) is 24.3 Å². The van der Waals surface area contributed by atoms with Gasteiger partial charge in [0.2, 0.25) is 0 Å². The summed E-state index contributed by atoms with van der Waals surface area (Å²) in [5, 5.41) is 4.94. The lowest BCUT2D eigenvalue weighted by Crippen LogP contribution is -2.09. The van der Waals surface area contributed by atoms with Crippen LogP contribution in [0.5, 0.6) is 0 Å². The van der Waals surface area contributed by atoms with Gasteiger partial charge in [-0.25, -0.2) is 0 Å². The highest BCUT2D eigenvalue weighted by atomic mass is 127. The molecule has 0 saturated carbocycles. The first-order valence-corrected chi connectivity index (χ1v) is 7.47. The fourth-order valence-electron chi connectivity index (χ4n) is 1.88. The minimum atomic E-state index is 0.0672. The third kappa shape index (κ3) is 3.36. The number of carbonyl (C=O) groups is 1. The van der Waals surface area contributed by atoms with Crippen molar-refractivity contribution in [2.45, 2.75) is 19.8 Å². The van der Waals surface area contributed by atoms with E-state index in [1.165, 1.54) is 0 Å². The first-order chi connectivity index (χ1) is 9.01. The number of aromatic nitrogens is 2. The molecule has 1 heterocycles. The van der Waals surface area contributed by atoms with E-state index in [1.54, 1.807) is 16.8 Å². The molecule has 0 radical (unpaired) electrons. The van der Waals surface area contributed by atoms with E-state index in [0.29, 0.717) is 17.0 Å². The SMILES string of the molecule is CCc1cc(CC(=O)c2cc(Cl)ccc2I)n(C)n1. The molecule has 0 amide bonds. The van der Waals surface area contributed by atoms with Crippen LogP contribution in [0.1, 0.15) is 28.7 Å². The summed E-state index contributed by atoms with van der Waals surface area (Å²) in [5.74, 6) is 0.0672. The number of hydrogen-bond acceptors (Lipinski definition) is 2. The van der Waals surface area contributed by atoms with E-state index in [1.807, 2.05) is 26.1 Å². The predicted molar refractivity (Wildman–Crippen MR) is 84.8 cm³/mol. The van der Waals surface area contributed by atoms with Gasteiger partial charge in [-0.3, -0.25) is 9.48 Å². The summed E-state index contributed by atoms with van der Waals surface area (Å²) in [5.41, 5.74) is 2.61. The predicted octanol–water partition coefficient (Wildman–Crippen LogP) is 3.67. The van der Waals surface area contributed by atoms with E-state index in [0.717, 1.165) is 21.4 Å². The molecule has 19 heavy (non-hydrogen) atoms. The lowest BCUT2D eigenvalue weighted by Gasteiger charge is -2.05. The fourth-order valence-corrected chi connectivity index (χ4v) is 2.69. The second-order valence-electron chi connectivity index (χ2n) is 4.33. The van der Waals surface area contributed by atoms with Gasteiger partial charge in [0.1, 0.15) is 0 Å². The Morgan fingerprint density at radius 1 is 1.42 bits per heavy atom. The Kier molecular flexibility index (Phi) is 4.62. The van der Waals surface area contributed by atoms with Crippen LogP contribution in [0.3, 0.4) is 0 Å². The van der Waals surface area contributed by atoms with E-state index in [4.69, 9.17) is 11.6 Å². The molecule has 0 aliphatic carbocycles. The molecule has 3 nitrogen and oxygen atoms in total. The van der Waals surface area contributed by atoms with Crippen LogP contribution < -0.4 is 0 Å². The van der Waals surface area contributed by atoms with Crippen molar-refractivity contribution in [1.29, 1.82) is 0 Å². The Bertz CT molecular complexity index is 622. The molecule has 2 rings (SSSR count). The Balaban J connectivity index is 2.25. The Hall–Kier alpha value is -0.880. The maximum Gasteiger partial charge on any atom is 0.169 e. The number of hydrogen-bond donors (Lipinski definition) is 0. The molecule has 0 N–H and O–H groups in total. The Labute approximate surface area is 131 Å². The van der Waals surface area contributed by atoms with Crippen LogP contribution in [0, 0.1) is 3.57 Å². The summed E-state index contributed by atoms with van der Waals surface area (Å²) >= 11 is 8.10. The molecule has 100 valence electrons. The van der Waals surface area contributed by atoms with E-state index in [9.17, 15) is 4.79 Å². The summed E-state index contributed by atoms with van der Waals surface area (Å²) in [6.07, 6.45) is 1.22. The van der Waals surface area contributed by atoms with Gasteiger partial charge in [0, 0.05) is 26.9 Å². The molecule has 0 bridgehead atoms. The number of aryl methyl sites for hydroxylation is 2.